The van der Waals surface area contributed by atoms with Gasteiger partial charge in [-0.2, -0.15) is 5.10 Å². The molecule has 2 heterocycles. The highest BCUT2D eigenvalue weighted by Gasteiger charge is 2.17. The summed E-state index contributed by atoms with van der Waals surface area (Å²) in [6.45, 7) is 9.92. The summed E-state index contributed by atoms with van der Waals surface area (Å²) in [4.78, 5) is 32.3. The molecular formula is C30H36N6O4. The van der Waals surface area contributed by atoms with Gasteiger partial charge in [0.25, 0.3) is 11.8 Å². The van der Waals surface area contributed by atoms with Gasteiger partial charge in [-0.15, -0.1) is 0 Å². The van der Waals surface area contributed by atoms with Gasteiger partial charge in [0.05, 0.1) is 19.9 Å². The lowest BCUT2D eigenvalue weighted by Crippen LogP contribution is -2.42. The third kappa shape index (κ3) is 6.40. The molecule has 4 rings (SSSR count). The Bertz CT molecular complexity index is 1470. The van der Waals surface area contributed by atoms with E-state index >= 15 is 0 Å². The number of anilines is 1. The van der Waals surface area contributed by atoms with Crippen LogP contribution in [0.4, 0.5) is 5.69 Å². The number of methoxy groups -OCH3 is 2. The fraction of sp³-hybridized carbons (Fsp3) is 0.333. The predicted octanol–water partition coefficient (Wildman–Crippen LogP) is 4.51. The van der Waals surface area contributed by atoms with Crippen molar-refractivity contribution in [1.82, 2.24) is 24.8 Å². The van der Waals surface area contributed by atoms with Crippen LogP contribution in [0.5, 0.6) is 11.5 Å². The first-order chi connectivity index (χ1) is 19.2. The Hall–Kier alpha value is -4.44. The Morgan fingerprint density at radius 1 is 0.900 bits per heavy atom. The van der Waals surface area contributed by atoms with Crippen LogP contribution in [0, 0.1) is 0 Å². The van der Waals surface area contributed by atoms with Gasteiger partial charge in [-0.05, 0) is 76.2 Å². The zero-order chi connectivity index (χ0) is 28.8. The highest BCUT2D eigenvalue weighted by molar-refractivity contribution is 6.04. The third-order valence-electron chi connectivity index (χ3n) is 6.66. The molecule has 0 aliphatic rings. The number of carbonyl (C=O) groups excluding carboxylic acids is 2. The maximum absolute atomic E-state index is 13.0. The van der Waals surface area contributed by atoms with Gasteiger partial charge in [0.2, 0.25) is 0 Å². The molecule has 2 aromatic heterocycles. The van der Waals surface area contributed by atoms with E-state index in [1.165, 1.54) is 0 Å². The number of fused-ring (bicyclic) bond motifs is 1. The molecule has 0 atom stereocenters. The van der Waals surface area contributed by atoms with E-state index in [9.17, 15) is 9.59 Å². The average molecular weight is 545 g/mol. The van der Waals surface area contributed by atoms with Gasteiger partial charge in [-0.1, -0.05) is 0 Å². The lowest BCUT2D eigenvalue weighted by Gasteiger charge is -2.30. The number of carbonyl (C=O) groups is 2. The van der Waals surface area contributed by atoms with Crippen molar-refractivity contribution in [3.63, 3.8) is 0 Å². The van der Waals surface area contributed by atoms with Crippen LogP contribution in [0.25, 0.3) is 16.9 Å². The SMILES string of the molecule is COc1ccc(-c2ccnc3cc(C(=O)Nc4ccc(C(=O)NCCN(C(C)C)C(C)C)cc4)nn23)cc1OC. The number of nitrogens with zero attached hydrogens (tertiary/aromatic N) is 4. The molecule has 0 aliphatic carbocycles. The fourth-order valence-electron chi connectivity index (χ4n) is 4.63. The van der Waals surface area contributed by atoms with Crippen molar-refractivity contribution in [2.45, 2.75) is 39.8 Å². The molecule has 2 aromatic carbocycles. The van der Waals surface area contributed by atoms with E-state index in [4.69, 9.17) is 9.47 Å². The van der Waals surface area contributed by atoms with E-state index in [-0.39, 0.29) is 17.5 Å². The molecule has 0 fully saturated rings. The first kappa shape index (κ1) is 28.6. The van der Waals surface area contributed by atoms with Crippen LogP contribution in [-0.4, -0.2) is 70.7 Å². The molecule has 10 heteroatoms. The van der Waals surface area contributed by atoms with Crippen molar-refractivity contribution in [3.05, 3.63) is 72.1 Å². The number of rotatable bonds is 11. The standard InChI is InChI=1S/C30H36N6O4/c1-19(2)35(20(3)4)16-15-32-29(37)21-7-10-23(11-8-21)33-30(38)24-18-28-31-14-13-25(36(28)34-24)22-9-12-26(39-5)27(17-22)40-6/h7-14,17-20H,15-16H2,1-6H3,(H,32,37)(H,33,38). The maximum Gasteiger partial charge on any atom is 0.276 e. The normalized spacial score (nSPS) is 11.3. The number of amides is 2. The van der Waals surface area contributed by atoms with Crippen LogP contribution in [0.2, 0.25) is 0 Å². The van der Waals surface area contributed by atoms with Crippen molar-refractivity contribution in [2.24, 2.45) is 0 Å². The van der Waals surface area contributed by atoms with Crippen molar-refractivity contribution >= 4 is 23.1 Å². The van der Waals surface area contributed by atoms with Crippen molar-refractivity contribution in [1.29, 1.82) is 0 Å². The van der Waals surface area contributed by atoms with Gasteiger partial charge in [0.1, 0.15) is 0 Å². The van der Waals surface area contributed by atoms with Gasteiger partial charge >= 0.3 is 0 Å². The number of benzene rings is 2. The third-order valence-corrected chi connectivity index (χ3v) is 6.66. The molecule has 2 N–H and O–H groups in total. The summed E-state index contributed by atoms with van der Waals surface area (Å²) in [5, 5.41) is 10.3. The van der Waals surface area contributed by atoms with E-state index in [0.29, 0.717) is 47.0 Å². The minimum Gasteiger partial charge on any atom is -0.493 e. The summed E-state index contributed by atoms with van der Waals surface area (Å²) >= 11 is 0. The van der Waals surface area contributed by atoms with Gasteiger partial charge < -0.3 is 20.1 Å². The van der Waals surface area contributed by atoms with Crippen LogP contribution >= 0.6 is 0 Å². The van der Waals surface area contributed by atoms with Gasteiger partial charge in [0, 0.05) is 54.3 Å². The summed E-state index contributed by atoms with van der Waals surface area (Å²) in [7, 11) is 3.16. The Morgan fingerprint density at radius 3 is 2.25 bits per heavy atom. The molecular weight excluding hydrogens is 508 g/mol. The first-order valence-corrected chi connectivity index (χ1v) is 13.2. The quantitative estimate of drug-likeness (QED) is 0.286. The molecule has 0 radical (unpaired) electrons. The molecule has 0 spiro atoms. The monoisotopic (exact) mass is 544 g/mol. The smallest absolute Gasteiger partial charge is 0.276 e. The molecule has 210 valence electrons. The molecule has 2 amide bonds. The minimum atomic E-state index is -0.386. The molecule has 10 nitrogen and oxygen atoms in total. The van der Waals surface area contributed by atoms with Crippen LogP contribution in [0.3, 0.4) is 0 Å². The summed E-state index contributed by atoms with van der Waals surface area (Å²) in [6, 6.07) is 16.6. The van der Waals surface area contributed by atoms with Gasteiger partial charge in [0.15, 0.2) is 22.8 Å². The molecule has 0 bridgehead atoms. The zero-order valence-corrected chi connectivity index (χ0v) is 23.8. The van der Waals surface area contributed by atoms with Crippen LogP contribution < -0.4 is 20.1 Å². The van der Waals surface area contributed by atoms with Crippen LogP contribution in [-0.2, 0) is 0 Å². The zero-order valence-electron chi connectivity index (χ0n) is 23.8. The highest BCUT2D eigenvalue weighted by Crippen LogP contribution is 2.32. The van der Waals surface area contributed by atoms with Crippen LogP contribution in [0.15, 0.2) is 60.8 Å². The average Bonchev–Trinajstić information content (AvgIpc) is 3.39. The lowest BCUT2D eigenvalue weighted by molar-refractivity contribution is 0.0939. The van der Waals surface area contributed by atoms with E-state index in [2.05, 4.69) is 53.3 Å². The summed E-state index contributed by atoms with van der Waals surface area (Å²) in [5.41, 5.74) is 3.38. The molecule has 0 unspecified atom stereocenters. The van der Waals surface area contributed by atoms with E-state index in [1.807, 2.05) is 24.3 Å². The largest absolute Gasteiger partial charge is 0.493 e. The number of nitrogens with one attached hydrogen (secondary N) is 2. The summed E-state index contributed by atoms with van der Waals surface area (Å²) in [5.74, 6) is 0.660. The predicted molar refractivity (Wildman–Crippen MR) is 155 cm³/mol. The molecule has 4 aromatic rings. The Labute approximate surface area is 234 Å². The van der Waals surface area contributed by atoms with E-state index in [0.717, 1.165) is 17.8 Å². The van der Waals surface area contributed by atoms with Crippen molar-refractivity contribution in [3.8, 4) is 22.8 Å². The van der Waals surface area contributed by atoms with Crippen molar-refractivity contribution in [2.75, 3.05) is 32.6 Å². The Morgan fingerprint density at radius 2 is 1.60 bits per heavy atom. The second-order valence-corrected chi connectivity index (χ2v) is 9.91. The number of hydrogen-bond donors (Lipinski definition) is 2. The summed E-state index contributed by atoms with van der Waals surface area (Å²) in [6.07, 6.45) is 1.66. The van der Waals surface area contributed by atoms with Gasteiger partial charge in [-0.25, -0.2) is 9.50 Å². The number of aromatic nitrogens is 3. The van der Waals surface area contributed by atoms with E-state index in [1.54, 1.807) is 55.3 Å². The second kappa shape index (κ2) is 12.6. The van der Waals surface area contributed by atoms with Crippen molar-refractivity contribution < 1.29 is 19.1 Å². The highest BCUT2D eigenvalue weighted by atomic mass is 16.5. The lowest BCUT2D eigenvalue weighted by atomic mass is 10.1. The molecule has 40 heavy (non-hydrogen) atoms. The molecule has 0 aliphatic heterocycles. The topological polar surface area (TPSA) is 110 Å². The number of hydrogen-bond acceptors (Lipinski definition) is 7. The Balaban J connectivity index is 1.43. The molecule has 0 saturated heterocycles. The first-order valence-electron chi connectivity index (χ1n) is 13.2. The number of ether oxygens (including phenoxy) is 2. The summed E-state index contributed by atoms with van der Waals surface area (Å²) < 4.78 is 12.4. The van der Waals surface area contributed by atoms with Gasteiger partial charge in [-0.3, -0.25) is 14.5 Å². The second-order valence-electron chi connectivity index (χ2n) is 9.91. The fourth-order valence-corrected chi connectivity index (χ4v) is 4.63. The van der Waals surface area contributed by atoms with E-state index < -0.39 is 0 Å². The minimum absolute atomic E-state index is 0.153. The molecule has 0 saturated carbocycles. The van der Waals surface area contributed by atoms with Crippen LogP contribution in [0.1, 0.15) is 48.5 Å². The maximum atomic E-state index is 13.0. The Kier molecular flexibility index (Phi) is 9.00.